The third kappa shape index (κ3) is 3.71. The van der Waals surface area contributed by atoms with Crippen molar-refractivity contribution in [3.05, 3.63) is 64.4 Å². The Hall–Kier alpha value is -2.07. The van der Waals surface area contributed by atoms with Gasteiger partial charge in [-0.05, 0) is 42.0 Å². The summed E-state index contributed by atoms with van der Waals surface area (Å²) in [5.41, 5.74) is 3.97. The van der Waals surface area contributed by atoms with Crippen LogP contribution in [-0.2, 0) is 6.61 Å². The van der Waals surface area contributed by atoms with Crippen LogP contribution in [0.15, 0.2) is 47.6 Å². The number of hydrazone groups is 1. The van der Waals surface area contributed by atoms with E-state index in [0.717, 1.165) is 5.56 Å². The molecule has 0 saturated heterocycles. The highest BCUT2D eigenvalue weighted by molar-refractivity contribution is 6.31. The quantitative estimate of drug-likeness (QED) is 0.675. The highest BCUT2D eigenvalue weighted by Crippen LogP contribution is 2.21. The molecule has 0 bridgehead atoms. The minimum Gasteiger partial charge on any atom is -0.489 e. The fraction of sp³-hybridized carbons (Fsp3) is 0.133. The van der Waals surface area contributed by atoms with Gasteiger partial charge in [-0.3, -0.25) is 0 Å². The number of ether oxygens (including phenoxy) is 1. The summed E-state index contributed by atoms with van der Waals surface area (Å²) in [6.45, 7) is 0.0927. The molecule has 0 unspecified atom stereocenters. The van der Waals surface area contributed by atoms with Crippen molar-refractivity contribution in [3.8, 4) is 5.75 Å². The summed E-state index contributed by atoms with van der Waals surface area (Å²) in [4.78, 5) is 0. The van der Waals surface area contributed by atoms with Gasteiger partial charge < -0.3 is 10.2 Å². The van der Waals surface area contributed by atoms with Crippen LogP contribution >= 0.6 is 11.6 Å². The van der Waals surface area contributed by atoms with Crippen molar-refractivity contribution in [3.63, 3.8) is 0 Å². The monoisotopic (exact) mass is 292 g/mol. The van der Waals surface area contributed by atoms with Crippen molar-refractivity contribution in [1.29, 1.82) is 0 Å². The van der Waals surface area contributed by atoms with Gasteiger partial charge in [0.2, 0.25) is 0 Å². The second-order valence-corrected chi connectivity index (χ2v) is 4.45. The molecule has 0 radical (unpaired) electrons. The average molecular weight is 293 g/mol. The summed E-state index contributed by atoms with van der Waals surface area (Å²) in [5.74, 6) is 0.279. The van der Waals surface area contributed by atoms with Gasteiger partial charge >= 0.3 is 0 Å². The van der Waals surface area contributed by atoms with E-state index in [1.165, 1.54) is 6.07 Å². The molecule has 0 aliphatic carbocycles. The number of benzene rings is 2. The lowest BCUT2D eigenvalue weighted by molar-refractivity contribution is 0.300. The van der Waals surface area contributed by atoms with Gasteiger partial charge in [0.15, 0.2) is 0 Å². The maximum Gasteiger partial charge on any atom is 0.131 e. The zero-order valence-electron chi connectivity index (χ0n) is 10.9. The summed E-state index contributed by atoms with van der Waals surface area (Å²) in [6.07, 6.45) is 1.69. The highest BCUT2D eigenvalue weighted by atomic mass is 35.5. The molecule has 5 heteroatoms. The lowest BCUT2D eigenvalue weighted by atomic mass is 10.2. The molecule has 0 aromatic heterocycles. The lowest BCUT2D eigenvalue weighted by Crippen LogP contribution is -1.99. The first-order valence-corrected chi connectivity index (χ1v) is 6.44. The second-order valence-electron chi connectivity index (χ2n) is 4.04. The van der Waals surface area contributed by atoms with E-state index in [1.807, 2.05) is 12.1 Å². The second kappa shape index (κ2) is 6.91. The first-order valence-electron chi connectivity index (χ1n) is 6.06. The number of hydrogen-bond acceptors (Lipinski definition) is 3. The van der Waals surface area contributed by atoms with Crippen LogP contribution in [0, 0.1) is 5.82 Å². The summed E-state index contributed by atoms with van der Waals surface area (Å²) in [6, 6.07) is 11.9. The third-order valence-electron chi connectivity index (χ3n) is 2.67. The zero-order chi connectivity index (χ0) is 14.4. The molecule has 0 spiro atoms. The van der Waals surface area contributed by atoms with Crippen LogP contribution in [0.2, 0.25) is 5.02 Å². The summed E-state index contributed by atoms with van der Waals surface area (Å²) in [5, 5.41) is 4.27. The average Bonchev–Trinajstić information content (AvgIpc) is 2.46. The molecule has 0 saturated carbocycles. The maximum atomic E-state index is 13.6. The molecular formula is C15H14ClFN2O. The van der Waals surface area contributed by atoms with Gasteiger partial charge in [0, 0.05) is 12.6 Å². The Morgan fingerprint density at radius 2 is 2.00 bits per heavy atom. The molecule has 2 aromatic carbocycles. The molecule has 1 N–H and O–H groups in total. The molecule has 0 atom stereocenters. The number of halogens is 2. The van der Waals surface area contributed by atoms with E-state index < -0.39 is 0 Å². The van der Waals surface area contributed by atoms with Crippen LogP contribution in [-0.4, -0.2) is 13.3 Å². The van der Waals surface area contributed by atoms with E-state index in [1.54, 1.807) is 37.5 Å². The van der Waals surface area contributed by atoms with Crippen molar-refractivity contribution in [1.82, 2.24) is 5.43 Å². The van der Waals surface area contributed by atoms with Crippen molar-refractivity contribution in [2.45, 2.75) is 6.61 Å². The number of nitrogens with one attached hydrogen (secondary N) is 1. The van der Waals surface area contributed by atoms with Crippen molar-refractivity contribution < 1.29 is 9.13 Å². The Bertz CT molecular complexity index is 579. The third-order valence-corrected chi connectivity index (χ3v) is 3.02. The number of nitrogens with zero attached hydrogens (tertiary/aromatic N) is 1. The molecule has 2 aromatic rings. The Morgan fingerprint density at radius 3 is 2.65 bits per heavy atom. The first-order chi connectivity index (χ1) is 9.70. The SMILES string of the molecule is CN/N=C/c1ccc(OCc2c(F)cccc2Cl)cc1. The van der Waals surface area contributed by atoms with Gasteiger partial charge in [-0.15, -0.1) is 0 Å². The molecule has 3 nitrogen and oxygen atoms in total. The van der Waals surface area contributed by atoms with Crippen LogP contribution < -0.4 is 10.2 Å². The van der Waals surface area contributed by atoms with E-state index >= 15 is 0 Å². The van der Waals surface area contributed by atoms with Crippen LogP contribution in [0.25, 0.3) is 0 Å². The van der Waals surface area contributed by atoms with Crippen molar-refractivity contribution in [2.75, 3.05) is 7.05 Å². The molecule has 0 fully saturated rings. The Kier molecular flexibility index (Phi) is 4.96. The lowest BCUT2D eigenvalue weighted by Gasteiger charge is -2.08. The molecule has 104 valence electrons. The predicted octanol–water partition coefficient (Wildman–Crippen LogP) is 3.61. The van der Waals surface area contributed by atoms with Crippen LogP contribution in [0.3, 0.4) is 0 Å². The fourth-order valence-corrected chi connectivity index (χ4v) is 1.83. The standard InChI is InChI=1S/C15H14ClFN2O/c1-18-19-9-11-5-7-12(8-6-11)20-10-13-14(16)3-2-4-15(13)17/h2-9,18H,10H2,1H3/b19-9+. The topological polar surface area (TPSA) is 33.6 Å². The van der Waals surface area contributed by atoms with Gasteiger partial charge in [0.05, 0.1) is 11.2 Å². The maximum absolute atomic E-state index is 13.6. The Morgan fingerprint density at radius 1 is 1.25 bits per heavy atom. The normalized spacial score (nSPS) is 10.8. The van der Waals surface area contributed by atoms with E-state index in [9.17, 15) is 4.39 Å². The molecule has 0 amide bonds. The Balaban J connectivity index is 2.02. The van der Waals surface area contributed by atoms with E-state index in [-0.39, 0.29) is 12.4 Å². The van der Waals surface area contributed by atoms with E-state index in [4.69, 9.17) is 16.3 Å². The zero-order valence-corrected chi connectivity index (χ0v) is 11.7. The minimum absolute atomic E-state index is 0.0927. The predicted molar refractivity (Wildman–Crippen MR) is 78.8 cm³/mol. The number of hydrogen-bond donors (Lipinski definition) is 1. The van der Waals surface area contributed by atoms with Gasteiger partial charge in [-0.2, -0.15) is 5.10 Å². The molecule has 0 heterocycles. The van der Waals surface area contributed by atoms with Gasteiger partial charge in [0.25, 0.3) is 0 Å². The molecule has 0 aliphatic heterocycles. The fourth-order valence-electron chi connectivity index (χ4n) is 1.61. The van der Waals surface area contributed by atoms with Crippen LogP contribution in [0.4, 0.5) is 4.39 Å². The molecular weight excluding hydrogens is 279 g/mol. The van der Waals surface area contributed by atoms with E-state index in [0.29, 0.717) is 16.3 Å². The first kappa shape index (κ1) is 14.3. The summed E-state index contributed by atoms with van der Waals surface area (Å²) < 4.78 is 19.1. The van der Waals surface area contributed by atoms with Crippen molar-refractivity contribution >= 4 is 17.8 Å². The number of rotatable bonds is 5. The smallest absolute Gasteiger partial charge is 0.131 e. The molecule has 2 rings (SSSR count). The van der Waals surface area contributed by atoms with E-state index in [2.05, 4.69) is 10.5 Å². The minimum atomic E-state index is -0.365. The van der Waals surface area contributed by atoms with Crippen LogP contribution in [0.1, 0.15) is 11.1 Å². The summed E-state index contributed by atoms with van der Waals surface area (Å²) in [7, 11) is 1.73. The van der Waals surface area contributed by atoms with Crippen LogP contribution in [0.5, 0.6) is 5.75 Å². The van der Waals surface area contributed by atoms with Gasteiger partial charge in [-0.1, -0.05) is 17.7 Å². The van der Waals surface area contributed by atoms with Gasteiger partial charge in [0.1, 0.15) is 18.2 Å². The largest absolute Gasteiger partial charge is 0.489 e. The summed E-state index contributed by atoms with van der Waals surface area (Å²) >= 11 is 5.93. The van der Waals surface area contributed by atoms with Crippen molar-refractivity contribution in [2.24, 2.45) is 5.10 Å². The Labute approximate surface area is 122 Å². The molecule has 20 heavy (non-hydrogen) atoms. The van der Waals surface area contributed by atoms with Gasteiger partial charge in [-0.25, -0.2) is 4.39 Å². The molecule has 0 aliphatic rings. The highest BCUT2D eigenvalue weighted by Gasteiger charge is 2.07.